The van der Waals surface area contributed by atoms with Gasteiger partial charge in [0, 0.05) is 24.4 Å². The number of hydrogen-bond acceptors (Lipinski definition) is 5. The van der Waals surface area contributed by atoms with E-state index in [9.17, 15) is 9.59 Å². The van der Waals surface area contributed by atoms with Crippen molar-refractivity contribution in [1.82, 2.24) is 20.4 Å². The summed E-state index contributed by atoms with van der Waals surface area (Å²) in [4.78, 5) is 30.9. The Morgan fingerprint density at radius 3 is 2.46 bits per heavy atom. The van der Waals surface area contributed by atoms with Crippen LogP contribution < -0.4 is 5.32 Å². The molecule has 1 saturated carbocycles. The number of likely N-dealkylation sites (tertiary alicyclic amines) is 1. The molecule has 0 unspecified atom stereocenters. The fraction of sp³-hybridized carbons (Fsp3) is 0.765. The molecule has 1 aromatic rings. The Morgan fingerprint density at radius 1 is 1.25 bits per heavy atom. The largest absolute Gasteiger partial charge is 0.343 e. The lowest BCUT2D eigenvalue weighted by atomic mass is 9.96. The number of hydrogen-bond donors (Lipinski definition) is 1. The molecule has 0 radical (unpaired) electrons. The van der Waals surface area contributed by atoms with Crippen LogP contribution in [0.4, 0.5) is 0 Å². The minimum absolute atomic E-state index is 0.0880. The van der Waals surface area contributed by atoms with Crippen LogP contribution >= 0.6 is 0 Å². The highest BCUT2D eigenvalue weighted by molar-refractivity contribution is 5.89. The molecule has 1 aromatic heterocycles. The molecule has 1 aliphatic carbocycles. The predicted molar refractivity (Wildman–Crippen MR) is 87.0 cm³/mol. The number of nitrogens with zero attached hydrogens (tertiary/aromatic N) is 3. The molecule has 0 aromatic carbocycles. The first-order valence-corrected chi connectivity index (χ1v) is 8.54. The van der Waals surface area contributed by atoms with Gasteiger partial charge >= 0.3 is 0 Å². The van der Waals surface area contributed by atoms with Crippen LogP contribution in [0.3, 0.4) is 0 Å². The third-order valence-electron chi connectivity index (χ3n) is 4.58. The molecular weight excluding hydrogens is 308 g/mol. The predicted octanol–water partition coefficient (Wildman–Crippen LogP) is 1.73. The topological polar surface area (TPSA) is 88.3 Å². The highest BCUT2D eigenvalue weighted by Gasteiger charge is 2.43. The van der Waals surface area contributed by atoms with Crippen molar-refractivity contribution in [3.8, 4) is 0 Å². The van der Waals surface area contributed by atoms with E-state index in [0.29, 0.717) is 24.3 Å². The molecule has 0 spiro atoms. The van der Waals surface area contributed by atoms with Crippen LogP contribution in [-0.2, 0) is 20.5 Å². The first-order valence-electron chi connectivity index (χ1n) is 8.54. The Balaban J connectivity index is 1.66. The maximum Gasteiger partial charge on any atom is 0.232 e. The third kappa shape index (κ3) is 3.30. The lowest BCUT2D eigenvalue weighted by Crippen LogP contribution is -2.45. The fourth-order valence-electron chi connectivity index (χ4n) is 2.89. The van der Waals surface area contributed by atoms with Crippen molar-refractivity contribution in [2.45, 2.75) is 70.9 Å². The second-order valence-corrected chi connectivity index (χ2v) is 8.47. The van der Waals surface area contributed by atoms with Crippen LogP contribution in [-0.4, -0.2) is 39.4 Å². The van der Waals surface area contributed by atoms with Gasteiger partial charge in [-0.05, 0) is 26.7 Å². The van der Waals surface area contributed by atoms with Crippen molar-refractivity contribution in [2.24, 2.45) is 5.92 Å². The molecule has 2 aliphatic rings. The summed E-state index contributed by atoms with van der Waals surface area (Å²) in [6.45, 7) is 10.2. The van der Waals surface area contributed by atoms with Crippen LogP contribution in [0.15, 0.2) is 4.52 Å². The van der Waals surface area contributed by atoms with Gasteiger partial charge in [0.05, 0.1) is 11.5 Å². The summed E-state index contributed by atoms with van der Waals surface area (Å²) in [6, 6.07) is 0.356. The standard InChI is InChI=1S/C17H26N4O3/c1-16(2,3)15-18-14(20-24-15)17(4,5)19-13(23)10-8-12(22)21(9-10)11-6-7-11/h10-11H,6-9H2,1-5H3,(H,19,23)/t10-/m0/s1. The van der Waals surface area contributed by atoms with Crippen LogP contribution in [0.25, 0.3) is 0 Å². The molecule has 1 saturated heterocycles. The van der Waals surface area contributed by atoms with E-state index in [0.717, 1.165) is 12.8 Å². The Morgan fingerprint density at radius 2 is 1.92 bits per heavy atom. The summed E-state index contributed by atoms with van der Waals surface area (Å²) in [5.41, 5.74) is -0.992. The number of nitrogens with one attached hydrogen (secondary N) is 1. The molecule has 1 aliphatic heterocycles. The highest BCUT2D eigenvalue weighted by Crippen LogP contribution is 2.33. The van der Waals surface area contributed by atoms with Crippen LogP contribution in [0, 0.1) is 5.92 Å². The van der Waals surface area contributed by atoms with Crippen molar-refractivity contribution in [3.05, 3.63) is 11.7 Å². The molecule has 7 nitrogen and oxygen atoms in total. The molecule has 132 valence electrons. The Kier molecular flexibility index (Phi) is 3.92. The third-order valence-corrected chi connectivity index (χ3v) is 4.58. The van der Waals surface area contributed by atoms with Gasteiger partial charge in [0.1, 0.15) is 0 Å². The van der Waals surface area contributed by atoms with Crippen molar-refractivity contribution >= 4 is 11.8 Å². The zero-order valence-corrected chi connectivity index (χ0v) is 15.0. The molecule has 7 heteroatoms. The van der Waals surface area contributed by atoms with E-state index in [1.54, 1.807) is 0 Å². The van der Waals surface area contributed by atoms with Crippen LogP contribution in [0.5, 0.6) is 0 Å². The molecular formula is C17H26N4O3. The maximum absolute atomic E-state index is 12.6. The van der Waals surface area contributed by atoms with E-state index in [2.05, 4.69) is 15.5 Å². The van der Waals surface area contributed by atoms with Gasteiger partial charge in [-0.25, -0.2) is 0 Å². The number of aromatic nitrogens is 2. The lowest BCUT2D eigenvalue weighted by Gasteiger charge is -2.24. The molecule has 2 fully saturated rings. The summed E-state index contributed by atoms with van der Waals surface area (Å²) in [7, 11) is 0. The SMILES string of the molecule is CC(C)(C)c1nc(C(C)(C)NC(=O)[C@H]2CC(=O)N(C3CC3)C2)no1. The van der Waals surface area contributed by atoms with E-state index in [1.807, 2.05) is 39.5 Å². The number of carbonyl (C=O) groups excluding carboxylic acids is 2. The summed E-state index contributed by atoms with van der Waals surface area (Å²) in [5, 5.41) is 7.00. The first-order chi connectivity index (χ1) is 11.1. The molecule has 1 N–H and O–H groups in total. The Labute approximate surface area is 142 Å². The number of rotatable bonds is 4. The van der Waals surface area contributed by atoms with Gasteiger partial charge in [0.25, 0.3) is 0 Å². The minimum atomic E-state index is -0.750. The van der Waals surface area contributed by atoms with Crippen LogP contribution in [0.2, 0.25) is 0 Å². The van der Waals surface area contributed by atoms with Crippen molar-refractivity contribution < 1.29 is 14.1 Å². The smallest absolute Gasteiger partial charge is 0.232 e. The fourth-order valence-corrected chi connectivity index (χ4v) is 2.89. The van der Waals surface area contributed by atoms with Gasteiger partial charge in [-0.2, -0.15) is 4.98 Å². The summed E-state index contributed by atoms with van der Waals surface area (Å²) in [5.74, 6) is 0.648. The Hall–Kier alpha value is -1.92. The van der Waals surface area contributed by atoms with Crippen molar-refractivity contribution in [3.63, 3.8) is 0 Å². The van der Waals surface area contributed by atoms with E-state index >= 15 is 0 Å². The molecule has 3 rings (SSSR count). The summed E-state index contributed by atoms with van der Waals surface area (Å²) >= 11 is 0. The highest BCUT2D eigenvalue weighted by atomic mass is 16.5. The average Bonchev–Trinajstić information content (AvgIpc) is 3.00. The summed E-state index contributed by atoms with van der Waals surface area (Å²) in [6.07, 6.45) is 2.41. The lowest BCUT2D eigenvalue weighted by molar-refractivity contribution is -0.129. The quantitative estimate of drug-likeness (QED) is 0.906. The molecule has 24 heavy (non-hydrogen) atoms. The van der Waals surface area contributed by atoms with E-state index in [-0.39, 0.29) is 29.6 Å². The molecule has 0 bridgehead atoms. The van der Waals surface area contributed by atoms with Crippen LogP contribution in [0.1, 0.15) is 65.6 Å². The zero-order valence-electron chi connectivity index (χ0n) is 15.0. The van der Waals surface area contributed by atoms with Gasteiger partial charge < -0.3 is 14.7 Å². The van der Waals surface area contributed by atoms with Gasteiger partial charge in [0.2, 0.25) is 17.7 Å². The van der Waals surface area contributed by atoms with Gasteiger partial charge in [-0.3, -0.25) is 9.59 Å². The van der Waals surface area contributed by atoms with E-state index in [4.69, 9.17) is 4.52 Å². The second kappa shape index (κ2) is 5.57. The summed E-state index contributed by atoms with van der Waals surface area (Å²) < 4.78 is 5.32. The van der Waals surface area contributed by atoms with Gasteiger partial charge in [-0.15, -0.1) is 0 Å². The van der Waals surface area contributed by atoms with Crippen molar-refractivity contribution in [1.29, 1.82) is 0 Å². The minimum Gasteiger partial charge on any atom is -0.343 e. The monoisotopic (exact) mass is 334 g/mol. The number of amides is 2. The molecule has 2 heterocycles. The van der Waals surface area contributed by atoms with E-state index in [1.165, 1.54) is 0 Å². The van der Waals surface area contributed by atoms with Gasteiger partial charge in [0.15, 0.2) is 5.82 Å². The normalized spacial score (nSPS) is 22.1. The zero-order chi connectivity index (χ0) is 17.7. The molecule has 1 atom stereocenters. The second-order valence-electron chi connectivity index (χ2n) is 8.47. The van der Waals surface area contributed by atoms with E-state index < -0.39 is 5.54 Å². The molecule has 2 amide bonds. The van der Waals surface area contributed by atoms with Crippen molar-refractivity contribution in [2.75, 3.05) is 6.54 Å². The Bertz CT molecular complexity index is 655. The first kappa shape index (κ1) is 16.9. The van der Waals surface area contributed by atoms with Gasteiger partial charge in [-0.1, -0.05) is 25.9 Å². The maximum atomic E-state index is 12.6. The average molecular weight is 334 g/mol. The number of carbonyl (C=O) groups is 2.